The third-order valence-corrected chi connectivity index (χ3v) is 4.35. The summed E-state index contributed by atoms with van der Waals surface area (Å²) in [5.41, 5.74) is 0. The number of hydrogen-bond donors (Lipinski definition) is 1. The Kier molecular flexibility index (Phi) is 5.95. The van der Waals surface area contributed by atoms with Crippen molar-refractivity contribution < 1.29 is 19.4 Å². The van der Waals surface area contributed by atoms with E-state index in [-0.39, 0.29) is 23.7 Å². The second-order valence-corrected chi connectivity index (χ2v) is 5.96. The number of carboxylic acids is 1. The second kappa shape index (κ2) is 6.99. The van der Waals surface area contributed by atoms with Gasteiger partial charge in [0, 0.05) is 13.1 Å². The molecule has 1 amide bonds. The zero-order valence-corrected chi connectivity index (χ0v) is 11.9. The van der Waals surface area contributed by atoms with Crippen LogP contribution >= 0.6 is 11.8 Å². The summed E-state index contributed by atoms with van der Waals surface area (Å²) in [6.07, 6.45) is 0.0630. The molecule has 0 bridgehead atoms. The van der Waals surface area contributed by atoms with Crippen LogP contribution in [0.25, 0.3) is 0 Å². The Morgan fingerprint density at radius 2 is 2.17 bits per heavy atom. The minimum absolute atomic E-state index is 0.00190. The first-order chi connectivity index (χ1) is 8.41. The molecule has 0 spiro atoms. The summed E-state index contributed by atoms with van der Waals surface area (Å²) in [5, 5.41) is 8.52. The standard InChI is InChI=1S/C12H21NO4S/c1-8(2)11(12(15)16)18-7-10(14)13-4-5-17-9(3)6-13/h8-9,11H,4-7H2,1-3H3,(H,15,16). The van der Waals surface area contributed by atoms with Crippen LogP contribution in [-0.4, -0.2) is 58.7 Å². The van der Waals surface area contributed by atoms with Crippen LogP contribution in [0.3, 0.4) is 0 Å². The van der Waals surface area contributed by atoms with E-state index in [2.05, 4.69) is 0 Å². The van der Waals surface area contributed by atoms with Gasteiger partial charge in [-0.3, -0.25) is 9.59 Å². The average molecular weight is 275 g/mol. The zero-order valence-electron chi connectivity index (χ0n) is 11.1. The van der Waals surface area contributed by atoms with Crippen molar-refractivity contribution in [1.29, 1.82) is 0 Å². The van der Waals surface area contributed by atoms with E-state index in [0.717, 1.165) is 0 Å². The third-order valence-electron chi connectivity index (χ3n) is 2.83. The molecule has 0 aromatic rings. The van der Waals surface area contributed by atoms with Gasteiger partial charge in [-0.1, -0.05) is 13.8 Å². The Morgan fingerprint density at radius 3 is 2.67 bits per heavy atom. The highest BCUT2D eigenvalue weighted by Crippen LogP contribution is 2.20. The zero-order chi connectivity index (χ0) is 13.7. The topological polar surface area (TPSA) is 66.8 Å². The molecule has 1 rings (SSSR count). The van der Waals surface area contributed by atoms with Gasteiger partial charge in [0.15, 0.2) is 0 Å². The Labute approximate surface area is 112 Å². The molecule has 2 unspecified atom stereocenters. The van der Waals surface area contributed by atoms with E-state index in [1.54, 1.807) is 4.90 Å². The molecule has 1 saturated heterocycles. The third kappa shape index (κ3) is 4.49. The summed E-state index contributed by atoms with van der Waals surface area (Å²) < 4.78 is 5.37. The number of hydrogen-bond acceptors (Lipinski definition) is 4. The maximum atomic E-state index is 11.9. The molecule has 0 radical (unpaired) electrons. The van der Waals surface area contributed by atoms with Crippen LogP contribution in [0, 0.1) is 5.92 Å². The number of carboxylic acid groups (broad SMARTS) is 1. The molecule has 0 saturated carbocycles. The molecule has 1 N–H and O–H groups in total. The number of carbonyl (C=O) groups is 2. The van der Waals surface area contributed by atoms with Gasteiger partial charge >= 0.3 is 5.97 Å². The predicted octanol–water partition coefficient (Wildman–Crippen LogP) is 1.08. The molecule has 1 aliphatic rings. The van der Waals surface area contributed by atoms with Crippen molar-refractivity contribution in [3.8, 4) is 0 Å². The molecule has 6 heteroatoms. The SMILES string of the molecule is CC1CN(C(=O)CSC(C(=O)O)C(C)C)CCO1. The van der Waals surface area contributed by atoms with Crippen LogP contribution in [0.15, 0.2) is 0 Å². The summed E-state index contributed by atoms with van der Waals surface area (Å²) in [4.78, 5) is 24.7. The molecule has 5 nitrogen and oxygen atoms in total. The number of nitrogens with zero attached hydrogens (tertiary/aromatic N) is 1. The van der Waals surface area contributed by atoms with Gasteiger partial charge in [0.05, 0.1) is 18.5 Å². The normalized spacial score (nSPS) is 22.0. The van der Waals surface area contributed by atoms with E-state index in [0.29, 0.717) is 19.7 Å². The minimum atomic E-state index is -0.849. The van der Waals surface area contributed by atoms with Crippen LogP contribution in [0.2, 0.25) is 0 Å². The monoisotopic (exact) mass is 275 g/mol. The maximum absolute atomic E-state index is 11.9. The van der Waals surface area contributed by atoms with E-state index < -0.39 is 11.2 Å². The average Bonchev–Trinajstić information content (AvgIpc) is 2.28. The van der Waals surface area contributed by atoms with Gasteiger partial charge in [-0.2, -0.15) is 0 Å². The Balaban J connectivity index is 2.42. The van der Waals surface area contributed by atoms with Gasteiger partial charge < -0.3 is 14.7 Å². The van der Waals surface area contributed by atoms with Gasteiger partial charge in [0.1, 0.15) is 5.25 Å². The summed E-state index contributed by atoms with van der Waals surface area (Å²) in [6, 6.07) is 0. The molecule has 1 aliphatic heterocycles. The van der Waals surface area contributed by atoms with Crippen LogP contribution in [0.1, 0.15) is 20.8 Å². The molecule has 2 atom stereocenters. The highest BCUT2D eigenvalue weighted by molar-refractivity contribution is 8.01. The lowest BCUT2D eigenvalue weighted by molar-refractivity contribution is -0.137. The largest absolute Gasteiger partial charge is 0.480 e. The van der Waals surface area contributed by atoms with Crippen molar-refractivity contribution >= 4 is 23.6 Å². The fraction of sp³-hybridized carbons (Fsp3) is 0.833. The number of aliphatic carboxylic acids is 1. The first kappa shape index (κ1) is 15.3. The highest BCUT2D eigenvalue weighted by Gasteiger charge is 2.26. The van der Waals surface area contributed by atoms with Crippen LogP contribution in [0.4, 0.5) is 0 Å². The smallest absolute Gasteiger partial charge is 0.316 e. The van der Waals surface area contributed by atoms with E-state index >= 15 is 0 Å². The maximum Gasteiger partial charge on any atom is 0.316 e. The first-order valence-electron chi connectivity index (χ1n) is 6.15. The number of carbonyl (C=O) groups excluding carboxylic acids is 1. The van der Waals surface area contributed by atoms with Crippen molar-refractivity contribution in [2.24, 2.45) is 5.92 Å². The highest BCUT2D eigenvalue weighted by atomic mass is 32.2. The van der Waals surface area contributed by atoms with Crippen molar-refractivity contribution in [2.75, 3.05) is 25.4 Å². The Morgan fingerprint density at radius 1 is 1.50 bits per heavy atom. The molecule has 0 aromatic heterocycles. The Hall–Kier alpha value is -0.750. The molecule has 1 fully saturated rings. The molecule has 18 heavy (non-hydrogen) atoms. The van der Waals surface area contributed by atoms with Crippen LogP contribution < -0.4 is 0 Å². The summed E-state index contributed by atoms with van der Waals surface area (Å²) >= 11 is 1.21. The van der Waals surface area contributed by atoms with E-state index in [9.17, 15) is 9.59 Å². The lowest BCUT2D eigenvalue weighted by Gasteiger charge is -2.31. The summed E-state index contributed by atoms with van der Waals surface area (Å²) in [7, 11) is 0. The van der Waals surface area contributed by atoms with Gasteiger partial charge in [-0.05, 0) is 12.8 Å². The predicted molar refractivity (Wildman–Crippen MR) is 70.7 cm³/mol. The quantitative estimate of drug-likeness (QED) is 0.813. The number of morpholine rings is 1. The van der Waals surface area contributed by atoms with Gasteiger partial charge in [-0.15, -0.1) is 11.8 Å². The molecule has 0 aromatic carbocycles. The van der Waals surface area contributed by atoms with Gasteiger partial charge in [-0.25, -0.2) is 0 Å². The fourth-order valence-electron chi connectivity index (χ4n) is 1.85. The lowest BCUT2D eigenvalue weighted by atomic mass is 10.1. The van der Waals surface area contributed by atoms with Gasteiger partial charge in [0.2, 0.25) is 5.91 Å². The lowest BCUT2D eigenvalue weighted by Crippen LogP contribution is -2.45. The summed E-state index contributed by atoms with van der Waals surface area (Å²) in [5.74, 6) is -0.605. The van der Waals surface area contributed by atoms with Crippen LogP contribution in [-0.2, 0) is 14.3 Å². The molecule has 104 valence electrons. The van der Waals surface area contributed by atoms with Crippen LogP contribution in [0.5, 0.6) is 0 Å². The number of thioether (sulfide) groups is 1. The molecular formula is C12H21NO4S. The number of rotatable bonds is 5. The Bertz CT molecular complexity index is 308. The van der Waals surface area contributed by atoms with E-state index in [1.165, 1.54) is 11.8 Å². The number of amides is 1. The molecule has 1 heterocycles. The van der Waals surface area contributed by atoms with Crippen molar-refractivity contribution in [2.45, 2.75) is 32.1 Å². The first-order valence-corrected chi connectivity index (χ1v) is 7.20. The van der Waals surface area contributed by atoms with E-state index in [4.69, 9.17) is 9.84 Å². The molecule has 0 aliphatic carbocycles. The van der Waals surface area contributed by atoms with Crippen molar-refractivity contribution in [3.05, 3.63) is 0 Å². The van der Waals surface area contributed by atoms with Gasteiger partial charge in [0.25, 0.3) is 0 Å². The minimum Gasteiger partial charge on any atom is -0.480 e. The van der Waals surface area contributed by atoms with Crippen molar-refractivity contribution in [3.63, 3.8) is 0 Å². The second-order valence-electron chi connectivity index (χ2n) is 4.84. The van der Waals surface area contributed by atoms with E-state index in [1.807, 2.05) is 20.8 Å². The summed E-state index contributed by atoms with van der Waals surface area (Å²) in [6.45, 7) is 7.40. The fourth-order valence-corrected chi connectivity index (χ4v) is 2.88. The van der Waals surface area contributed by atoms with Crippen molar-refractivity contribution in [1.82, 2.24) is 4.90 Å². The number of ether oxygens (including phenoxy) is 1. The molecular weight excluding hydrogens is 254 g/mol.